The molecular weight excluding hydrogens is 172 g/mol. The monoisotopic (exact) mass is 184 g/mol. The van der Waals surface area contributed by atoms with Crippen molar-refractivity contribution in [1.29, 1.82) is 5.26 Å². The van der Waals surface area contributed by atoms with Crippen LogP contribution in [0.25, 0.3) is 0 Å². The molecule has 0 aliphatic carbocycles. The van der Waals surface area contributed by atoms with Crippen LogP contribution >= 0.6 is 0 Å². The molecule has 0 rings (SSSR count). The van der Waals surface area contributed by atoms with E-state index >= 15 is 0 Å². The molecule has 0 aromatic carbocycles. The predicted molar refractivity (Wildman–Crippen MR) is 47.2 cm³/mol. The second kappa shape index (κ2) is 5.83. The molecule has 0 radical (unpaired) electrons. The first kappa shape index (κ1) is 11.2. The highest BCUT2D eigenvalue weighted by molar-refractivity contribution is 6.46. The first-order valence-electron chi connectivity index (χ1n) is 3.69. The Hall–Kier alpha value is -1.77. The lowest BCUT2D eigenvalue weighted by molar-refractivity contribution is 0.119. The molecule has 0 unspecified atom stereocenters. The van der Waals surface area contributed by atoms with Crippen LogP contribution in [-0.2, 0) is 4.84 Å². The molecule has 0 aliphatic rings. The number of amidine groups is 1. The predicted octanol–water partition coefficient (Wildman–Crippen LogP) is 0.285. The molecule has 0 spiro atoms. The molecule has 6 nitrogen and oxygen atoms in total. The summed E-state index contributed by atoms with van der Waals surface area (Å²) < 4.78 is 0. The van der Waals surface area contributed by atoms with Crippen LogP contribution in [0.1, 0.15) is 13.8 Å². The van der Waals surface area contributed by atoms with Gasteiger partial charge < -0.3 is 15.8 Å². The van der Waals surface area contributed by atoms with Crippen molar-refractivity contribution < 1.29 is 10.0 Å². The summed E-state index contributed by atoms with van der Waals surface area (Å²) in [6.45, 7) is 4.25. The summed E-state index contributed by atoms with van der Waals surface area (Å²) in [7, 11) is 0. The van der Waals surface area contributed by atoms with Gasteiger partial charge >= 0.3 is 0 Å². The fourth-order valence-corrected chi connectivity index (χ4v) is 0.423. The average molecular weight is 184 g/mol. The van der Waals surface area contributed by atoms with Gasteiger partial charge in [-0.2, -0.15) is 5.26 Å². The van der Waals surface area contributed by atoms with Crippen molar-refractivity contribution in [2.75, 3.05) is 6.61 Å². The summed E-state index contributed by atoms with van der Waals surface area (Å²) >= 11 is 0. The molecule has 0 heterocycles. The van der Waals surface area contributed by atoms with E-state index in [1.807, 2.05) is 13.8 Å². The van der Waals surface area contributed by atoms with Crippen molar-refractivity contribution in [2.24, 2.45) is 22.0 Å². The molecule has 0 aromatic rings. The normalized spacial score (nSPS) is 12.8. The number of hydrogen-bond donors (Lipinski definition) is 2. The van der Waals surface area contributed by atoms with E-state index in [2.05, 4.69) is 10.3 Å². The molecule has 0 aromatic heterocycles. The van der Waals surface area contributed by atoms with Gasteiger partial charge in [-0.3, -0.25) is 0 Å². The molecule has 0 fully saturated rings. The summed E-state index contributed by atoms with van der Waals surface area (Å²) in [6, 6.07) is 1.64. The second-order valence-corrected chi connectivity index (χ2v) is 2.73. The van der Waals surface area contributed by atoms with E-state index in [4.69, 9.17) is 21.0 Å². The summed E-state index contributed by atoms with van der Waals surface area (Å²) in [5.41, 5.74) is 4.88. The summed E-state index contributed by atoms with van der Waals surface area (Å²) in [6.07, 6.45) is 0. The summed E-state index contributed by atoms with van der Waals surface area (Å²) in [4.78, 5) is 4.76. The van der Waals surface area contributed by atoms with Gasteiger partial charge in [0.15, 0.2) is 0 Å². The largest absolute Gasteiger partial charge is 0.409 e. The van der Waals surface area contributed by atoms with Gasteiger partial charge in [-0.05, 0) is 5.92 Å². The Morgan fingerprint density at radius 3 is 2.69 bits per heavy atom. The number of nitrogens with two attached hydrogens (primary N) is 1. The number of nitrogens with zero attached hydrogens (tertiary/aromatic N) is 3. The van der Waals surface area contributed by atoms with E-state index in [1.54, 1.807) is 6.07 Å². The zero-order valence-electron chi connectivity index (χ0n) is 7.56. The highest BCUT2D eigenvalue weighted by Gasteiger charge is 2.04. The van der Waals surface area contributed by atoms with E-state index in [-0.39, 0.29) is 11.5 Å². The van der Waals surface area contributed by atoms with Crippen molar-refractivity contribution in [2.45, 2.75) is 13.8 Å². The van der Waals surface area contributed by atoms with Gasteiger partial charge in [0.05, 0.1) is 0 Å². The van der Waals surface area contributed by atoms with Crippen molar-refractivity contribution in [3.05, 3.63) is 0 Å². The lowest BCUT2D eigenvalue weighted by Crippen LogP contribution is -2.22. The molecule has 6 heteroatoms. The first-order chi connectivity index (χ1) is 6.11. The molecule has 3 N–H and O–H groups in total. The smallest absolute Gasteiger partial charge is 0.224 e. The van der Waals surface area contributed by atoms with Crippen molar-refractivity contribution in [3.8, 4) is 6.07 Å². The minimum atomic E-state index is -0.355. The van der Waals surface area contributed by atoms with Gasteiger partial charge in [0.25, 0.3) is 0 Å². The number of nitriles is 1. The quantitative estimate of drug-likeness (QED) is 0.283. The van der Waals surface area contributed by atoms with E-state index in [9.17, 15) is 0 Å². The summed E-state index contributed by atoms with van der Waals surface area (Å²) in [5.74, 6) is -0.0535. The van der Waals surface area contributed by atoms with Crippen LogP contribution in [0.5, 0.6) is 0 Å². The minimum absolute atomic E-state index is 0.233. The van der Waals surface area contributed by atoms with Gasteiger partial charge in [0, 0.05) is 0 Å². The number of oxime groups is 2. The SMILES string of the molecule is CC(C)CO/N=C(C#N)\C(N)=N/O. The minimum Gasteiger partial charge on any atom is -0.409 e. The van der Waals surface area contributed by atoms with E-state index in [1.165, 1.54) is 0 Å². The average Bonchev–Trinajstić information content (AvgIpc) is 2.11. The molecule has 72 valence electrons. The third-order valence-electron chi connectivity index (χ3n) is 1.02. The molecule has 0 bridgehead atoms. The molecule has 0 amide bonds. The highest BCUT2D eigenvalue weighted by atomic mass is 16.6. The maximum absolute atomic E-state index is 8.46. The molecule has 0 saturated heterocycles. The van der Waals surface area contributed by atoms with Crippen LogP contribution in [-0.4, -0.2) is 23.4 Å². The Kier molecular flexibility index (Phi) is 5.03. The van der Waals surface area contributed by atoms with Gasteiger partial charge in [-0.25, -0.2) is 0 Å². The third-order valence-corrected chi connectivity index (χ3v) is 1.02. The van der Waals surface area contributed by atoms with Crippen LogP contribution < -0.4 is 5.73 Å². The third kappa shape index (κ3) is 4.63. The second-order valence-electron chi connectivity index (χ2n) is 2.73. The van der Waals surface area contributed by atoms with Gasteiger partial charge in [-0.1, -0.05) is 24.2 Å². The van der Waals surface area contributed by atoms with Crippen LogP contribution in [0.4, 0.5) is 0 Å². The van der Waals surface area contributed by atoms with Gasteiger partial charge in [0.1, 0.15) is 12.7 Å². The summed E-state index contributed by atoms with van der Waals surface area (Å²) in [5, 5.41) is 22.7. The Labute approximate surface area is 76.3 Å². The number of rotatable bonds is 4. The zero-order chi connectivity index (χ0) is 10.3. The van der Waals surface area contributed by atoms with Crippen molar-refractivity contribution in [3.63, 3.8) is 0 Å². The Morgan fingerprint density at radius 1 is 1.69 bits per heavy atom. The van der Waals surface area contributed by atoms with Gasteiger partial charge in [0.2, 0.25) is 11.5 Å². The zero-order valence-corrected chi connectivity index (χ0v) is 7.56. The van der Waals surface area contributed by atoms with Crippen LogP contribution in [0.3, 0.4) is 0 Å². The van der Waals surface area contributed by atoms with Crippen LogP contribution in [0.2, 0.25) is 0 Å². The fraction of sp³-hybridized carbons (Fsp3) is 0.571. The standard InChI is InChI=1S/C7H12N4O2/c1-5(2)4-13-11-6(3-8)7(9)10-12/h5,12H,4H2,1-2H3,(H2,9,10)/b11-6-. The Morgan fingerprint density at radius 2 is 2.31 bits per heavy atom. The maximum atomic E-state index is 8.46. The molecular formula is C7H12N4O2. The van der Waals surface area contributed by atoms with E-state index in [0.29, 0.717) is 12.5 Å². The Bertz CT molecular complexity index is 252. The first-order valence-corrected chi connectivity index (χ1v) is 3.69. The lowest BCUT2D eigenvalue weighted by Gasteiger charge is -2.01. The fourth-order valence-electron chi connectivity index (χ4n) is 0.423. The lowest BCUT2D eigenvalue weighted by atomic mass is 10.2. The van der Waals surface area contributed by atoms with Gasteiger partial charge in [-0.15, -0.1) is 0 Å². The molecule has 13 heavy (non-hydrogen) atoms. The van der Waals surface area contributed by atoms with E-state index in [0.717, 1.165) is 0 Å². The van der Waals surface area contributed by atoms with Crippen LogP contribution in [0.15, 0.2) is 10.3 Å². The molecule has 0 atom stereocenters. The van der Waals surface area contributed by atoms with Crippen molar-refractivity contribution >= 4 is 11.5 Å². The number of hydrogen-bond acceptors (Lipinski definition) is 5. The van der Waals surface area contributed by atoms with Crippen LogP contribution in [0, 0.1) is 17.2 Å². The molecule has 0 saturated carbocycles. The Balaban J connectivity index is 4.19. The van der Waals surface area contributed by atoms with E-state index < -0.39 is 0 Å². The highest BCUT2D eigenvalue weighted by Crippen LogP contribution is 1.93. The topological polar surface area (TPSA) is 104 Å². The van der Waals surface area contributed by atoms with Crippen molar-refractivity contribution in [1.82, 2.24) is 0 Å². The molecule has 0 aliphatic heterocycles. The maximum Gasteiger partial charge on any atom is 0.224 e.